The zero-order chi connectivity index (χ0) is 31.7. The van der Waals surface area contributed by atoms with Gasteiger partial charge in [0.2, 0.25) is 0 Å². The Balaban J connectivity index is 4.02. The van der Waals surface area contributed by atoms with Crippen LogP contribution in [0.5, 0.6) is 0 Å². The van der Waals surface area contributed by atoms with Gasteiger partial charge in [-0.1, -0.05) is 112 Å². The number of terminal acetylenes is 1. The van der Waals surface area contributed by atoms with Gasteiger partial charge in [-0.15, -0.1) is 6.42 Å². The molecule has 1 atom stereocenters. The maximum Gasteiger partial charge on any atom is 0.170 e. The minimum atomic E-state index is -1.53. The first kappa shape index (κ1) is 35.7. The number of benzene rings is 1. The quantitative estimate of drug-likeness (QED) is 0.0900. The van der Waals surface area contributed by atoms with E-state index in [0.29, 0.717) is 17.6 Å². The Morgan fingerprint density at radius 1 is 0.905 bits per heavy atom. The van der Waals surface area contributed by atoms with Crippen molar-refractivity contribution in [3.63, 3.8) is 0 Å². The lowest BCUT2D eigenvalue weighted by atomic mass is 9.81. The van der Waals surface area contributed by atoms with Gasteiger partial charge in [-0.05, 0) is 79.5 Å². The minimum absolute atomic E-state index is 0.0383. The summed E-state index contributed by atoms with van der Waals surface area (Å²) in [7, 11) is 0. The molecule has 1 rings (SSSR count). The summed E-state index contributed by atoms with van der Waals surface area (Å²) in [4.78, 5) is 0. The van der Waals surface area contributed by atoms with Gasteiger partial charge in [0.1, 0.15) is 0 Å². The van der Waals surface area contributed by atoms with E-state index in [9.17, 15) is 0 Å². The molecule has 0 aliphatic carbocycles. The van der Waals surface area contributed by atoms with E-state index in [1.165, 1.54) is 6.08 Å². The third-order valence-electron chi connectivity index (χ3n) is 6.27. The summed E-state index contributed by atoms with van der Waals surface area (Å²) in [6.07, 6.45) is 31.6. The maximum atomic E-state index is 15.7. The Morgan fingerprint density at radius 2 is 1.52 bits per heavy atom. The lowest BCUT2D eigenvalue weighted by molar-refractivity contribution is 0.447. The molecule has 0 amide bonds. The van der Waals surface area contributed by atoms with Gasteiger partial charge in [-0.3, -0.25) is 0 Å². The third kappa shape index (κ3) is 9.93. The van der Waals surface area contributed by atoms with Crippen LogP contribution in [0.4, 0.5) is 17.6 Å². The van der Waals surface area contributed by atoms with Crippen LogP contribution in [-0.4, -0.2) is 0 Å². The monoisotopic (exact) mass is 572 g/mol. The van der Waals surface area contributed by atoms with Crippen molar-refractivity contribution in [2.24, 2.45) is 5.92 Å². The van der Waals surface area contributed by atoms with Crippen LogP contribution in [0.25, 0.3) is 11.6 Å². The molecule has 1 aromatic rings. The molecular formula is C38H40F4. The third-order valence-corrected chi connectivity index (χ3v) is 6.27. The second-order valence-electron chi connectivity index (χ2n) is 9.39. The molecule has 0 bridgehead atoms. The predicted molar refractivity (Wildman–Crippen MR) is 173 cm³/mol. The molecule has 0 fully saturated rings. The smallest absolute Gasteiger partial charge is 0.170 e. The average molecular weight is 573 g/mol. The van der Waals surface area contributed by atoms with Gasteiger partial charge < -0.3 is 0 Å². The fourth-order valence-corrected chi connectivity index (χ4v) is 4.16. The molecule has 0 aliphatic heterocycles. The van der Waals surface area contributed by atoms with Crippen LogP contribution in [-0.2, 0) is 0 Å². The van der Waals surface area contributed by atoms with E-state index >= 15 is 17.6 Å². The van der Waals surface area contributed by atoms with Crippen molar-refractivity contribution >= 4 is 11.6 Å². The highest BCUT2D eigenvalue weighted by Gasteiger charge is 2.30. The van der Waals surface area contributed by atoms with Crippen molar-refractivity contribution in [3.8, 4) is 12.3 Å². The fraction of sp³-hybridized carbons (Fsp3) is 0.211. The van der Waals surface area contributed by atoms with Gasteiger partial charge in [0.15, 0.2) is 23.3 Å². The van der Waals surface area contributed by atoms with Crippen molar-refractivity contribution in [1.82, 2.24) is 0 Å². The lowest BCUT2D eigenvalue weighted by Crippen LogP contribution is -2.12. The standard InChI is InChI=1S/C38H40F4/c1-9-14-19-20-22-27(6)30(23-16-11-3)26-29(8)31(24-17-12-4)33(28(7)21-15-10-2)34-37(41)35(39)32(25-18-13-5)36(40)38(34)42/h5,10-12,14-25,29H,2,6,9,26H2,1,3-4,7-8H3/b16-11-,17-12-,19-14-,21-15-,22-20-,25-18+,30-23+,31-24+,33-28-. The molecule has 1 unspecified atom stereocenters. The number of allylic oxidation sites excluding steroid dienone is 19. The highest BCUT2D eigenvalue weighted by molar-refractivity contribution is 5.85. The van der Waals surface area contributed by atoms with Gasteiger partial charge in [-0.2, -0.15) is 0 Å². The molecular weight excluding hydrogens is 532 g/mol. The molecule has 0 nitrogen and oxygen atoms in total. The molecule has 4 heteroatoms. The number of halogens is 4. The van der Waals surface area contributed by atoms with E-state index < -0.39 is 34.4 Å². The van der Waals surface area contributed by atoms with E-state index in [2.05, 4.69) is 19.1 Å². The molecule has 1 aromatic carbocycles. The molecule has 0 aliphatic rings. The summed E-state index contributed by atoms with van der Waals surface area (Å²) < 4.78 is 61.9. The molecule has 0 saturated heterocycles. The van der Waals surface area contributed by atoms with Crippen molar-refractivity contribution in [2.75, 3.05) is 0 Å². The Kier molecular flexibility index (Phi) is 16.0. The van der Waals surface area contributed by atoms with Crippen LogP contribution in [0.1, 0.15) is 58.6 Å². The van der Waals surface area contributed by atoms with E-state index in [0.717, 1.165) is 29.7 Å². The van der Waals surface area contributed by atoms with Crippen LogP contribution < -0.4 is 0 Å². The van der Waals surface area contributed by atoms with Gasteiger partial charge >= 0.3 is 0 Å². The Morgan fingerprint density at radius 3 is 2.07 bits per heavy atom. The Labute approximate surface area is 249 Å². The van der Waals surface area contributed by atoms with Crippen LogP contribution in [0.15, 0.2) is 121 Å². The van der Waals surface area contributed by atoms with Gasteiger partial charge in [0, 0.05) is 0 Å². The highest BCUT2D eigenvalue weighted by Crippen LogP contribution is 2.40. The normalized spacial score (nSPS) is 14.7. The van der Waals surface area contributed by atoms with Crippen molar-refractivity contribution in [2.45, 2.75) is 47.5 Å². The molecule has 0 saturated carbocycles. The summed E-state index contributed by atoms with van der Waals surface area (Å²) >= 11 is 0. The van der Waals surface area contributed by atoms with Crippen LogP contribution in [0, 0.1) is 41.5 Å². The molecule has 220 valence electrons. The summed E-state index contributed by atoms with van der Waals surface area (Å²) in [6.45, 7) is 17.1. The number of rotatable bonds is 14. The lowest BCUT2D eigenvalue weighted by Gasteiger charge is -2.24. The molecule has 0 spiro atoms. The topological polar surface area (TPSA) is 0 Å². The fourth-order valence-electron chi connectivity index (χ4n) is 4.16. The van der Waals surface area contributed by atoms with E-state index in [4.69, 9.17) is 6.42 Å². The molecule has 42 heavy (non-hydrogen) atoms. The zero-order valence-corrected chi connectivity index (χ0v) is 25.2. The maximum absolute atomic E-state index is 15.7. The van der Waals surface area contributed by atoms with Gasteiger partial charge in [0.25, 0.3) is 0 Å². The number of hydrogen-bond donors (Lipinski definition) is 0. The second kappa shape index (κ2) is 18.9. The first-order valence-corrected chi connectivity index (χ1v) is 13.8. The molecule has 0 heterocycles. The Bertz CT molecular complexity index is 1410. The first-order valence-electron chi connectivity index (χ1n) is 13.8. The molecule has 0 aromatic heterocycles. The molecule has 0 N–H and O–H groups in total. The van der Waals surface area contributed by atoms with Gasteiger partial charge in [0.05, 0.1) is 11.1 Å². The van der Waals surface area contributed by atoms with Crippen molar-refractivity contribution < 1.29 is 17.6 Å². The van der Waals surface area contributed by atoms with Crippen LogP contribution >= 0.6 is 0 Å². The minimum Gasteiger partial charge on any atom is -0.203 e. The van der Waals surface area contributed by atoms with Crippen molar-refractivity contribution in [1.29, 1.82) is 0 Å². The largest absolute Gasteiger partial charge is 0.203 e. The average Bonchev–Trinajstić information content (AvgIpc) is 2.98. The summed E-state index contributed by atoms with van der Waals surface area (Å²) in [5.41, 5.74) is 0.892. The summed E-state index contributed by atoms with van der Waals surface area (Å²) in [5.74, 6) is -4.36. The predicted octanol–water partition coefficient (Wildman–Crippen LogP) is 11.5. The first-order chi connectivity index (χ1) is 20.1. The van der Waals surface area contributed by atoms with E-state index in [-0.39, 0.29) is 11.5 Å². The second-order valence-corrected chi connectivity index (χ2v) is 9.39. The summed E-state index contributed by atoms with van der Waals surface area (Å²) in [5, 5.41) is 0. The zero-order valence-electron chi connectivity index (χ0n) is 25.2. The number of hydrogen-bond acceptors (Lipinski definition) is 0. The molecule has 0 radical (unpaired) electrons. The van der Waals surface area contributed by atoms with E-state index in [1.54, 1.807) is 44.2 Å². The Hall–Kier alpha value is -4.36. The van der Waals surface area contributed by atoms with Crippen LogP contribution in [0.2, 0.25) is 0 Å². The van der Waals surface area contributed by atoms with E-state index in [1.807, 2.05) is 63.3 Å². The van der Waals surface area contributed by atoms with Crippen molar-refractivity contribution in [3.05, 3.63) is 155 Å². The SMILES string of the molecule is C#C/C=C/c1c(F)c(F)c(C(=C(C)\C=C/C=C)/C(=C/C=C\C)C(C)C/C(=C\C=C/C)C(=C)/C=C\C=C/CC)c(F)c1F. The van der Waals surface area contributed by atoms with Crippen LogP contribution in [0.3, 0.4) is 0 Å². The highest BCUT2D eigenvalue weighted by atomic mass is 19.2. The summed E-state index contributed by atoms with van der Waals surface area (Å²) in [6, 6.07) is 0. The van der Waals surface area contributed by atoms with Gasteiger partial charge in [-0.25, -0.2) is 17.6 Å².